The van der Waals surface area contributed by atoms with Gasteiger partial charge in [-0.3, -0.25) is 9.59 Å². The Morgan fingerprint density at radius 2 is 2.05 bits per heavy atom. The van der Waals surface area contributed by atoms with E-state index in [-0.39, 0.29) is 24.5 Å². The summed E-state index contributed by atoms with van der Waals surface area (Å²) >= 11 is 0. The number of nitrogens with one attached hydrogen (secondary N) is 1. The van der Waals surface area contributed by atoms with Gasteiger partial charge in [0.05, 0.1) is 12.6 Å². The molecule has 0 radical (unpaired) electrons. The number of hydrogen-bond donors (Lipinski definition) is 1. The molecule has 1 aliphatic rings. The van der Waals surface area contributed by atoms with Crippen LogP contribution in [-0.4, -0.2) is 37.6 Å². The van der Waals surface area contributed by atoms with Gasteiger partial charge in [-0.15, -0.1) is 0 Å². The maximum atomic E-state index is 12.0. The zero-order valence-corrected chi connectivity index (χ0v) is 13.3. The number of carbonyl (C=O) groups is 2. The van der Waals surface area contributed by atoms with Crippen molar-refractivity contribution in [3.05, 3.63) is 29.8 Å². The molecule has 1 atom stereocenters. The van der Waals surface area contributed by atoms with E-state index in [9.17, 15) is 9.59 Å². The lowest BCUT2D eigenvalue weighted by Gasteiger charge is -2.33. The lowest BCUT2D eigenvalue weighted by atomic mass is 10.1. The number of anilines is 1. The van der Waals surface area contributed by atoms with Gasteiger partial charge < -0.3 is 15.0 Å². The van der Waals surface area contributed by atoms with Crippen molar-refractivity contribution < 1.29 is 14.3 Å². The number of aryl methyl sites for hydroxylation is 1. The summed E-state index contributed by atoms with van der Waals surface area (Å²) in [6.07, 6.45) is 2.16. The van der Waals surface area contributed by atoms with Gasteiger partial charge in [-0.05, 0) is 30.5 Å². The molecule has 22 heavy (non-hydrogen) atoms. The first-order valence-corrected chi connectivity index (χ1v) is 7.91. The molecule has 1 aliphatic heterocycles. The first-order valence-electron chi connectivity index (χ1n) is 7.91. The van der Waals surface area contributed by atoms with Crippen molar-refractivity contribution in [2.75, 3.05) is 24.6 Å². The average Bonchev–Trinajstić information content (AvgIpc) is 2.54. The predicted molar refractivity (Wildman–Crippen MR) is 85.8 cm³/mol. The maximum absolute atomic E-state index is 12.0. The number of hydrogen-bond acceptors (Lipinski definition) is 3. The Morgan fingerprint density at radius 1 is 1.32 bits per heavy atom. The van der Waals surface area contributed by atoms with Crippen LogP contribution in [0.15, 0.2) is 24.3 Å². The Hall–Kier alpha value is -1.88. The highest BCUT2D eigenvalue weighted by atomic mass is 16.5. The first kappa shape index (κ1) is 16.5. The van der Waals surface area contributed by atoms with Crippen LogP contribution < -0.4 is 10.2 Å². The lowest BCUT2D eigenvalue weighted by Crippen LogP contribution is -2.50. The summed E-state index contributed by atoms with van der Waals surface area (Å²) in [7, 11) is 0. The Morgan fingerprint density at radius 3 is 2.68 bits per heavy atom. The summed E-state index contributed by atoms with van der Waals surface area (Å²) in [6, 6.07) is 8.01. The molecule has 1 aromatic carbocycles. The molecule has 1 unspecified atom stereocenters. The minimum absolute atomic E-state index is 0.0295. The van der Waals surface area contributed by atoms with Gasteiger partial charge >= 0.3 is 0 Å². The smallest absolute Gasteiger partial charge is 0.253 e. The average molecular weight is 304 g/mol. The van der Waals surface area contributed by atoms with Gasteiger partial charge in [-0.25, -0.2) is 0 Å². The second-order valence-corrected chi connectivity index (χ2v) is 5.51. The molecule has 2 amide bonds. The zero-order chi connectivity index (χ0) is 15.9. The topological polar surface area (TPSA) is 58.6 Å². The first-order chi connectivity index (χ1) is 10.6. The number of nitrogens with zero attached hydrogens (tertiary/aromatic N) is 1. The second-order valence-electron chi connectivity index (χ2n) is 5.51. The van der Waals surface area contributed by atoms with E-state index in [2.05, 4.69) is 12.2 Å². The maximum Gasteiger partial charge on any atom is 0.253 e. The molecule has 5 nitrogen and oxygen atoms in total. The Labute approximate surface area is 131 Å². The molecular formula is C17H24N2O3. The third kappa shape index (κ3) is 4.31. The van der Waals surface area contributed by atoms with Crippen LogP contribution in [0.3, 0.4) is 0 Å². The molecule has 2 rings (SSSR count). The van der Waals surface area contributed by atoms with E-state index in [0.29, 0.717) is 19.5 Å². The minimum atomic E-state index is -0.163. The number of benzene rings is 1. The van der Waals surface area contributed by atoms with Crippen LogP contribution in [0.1, 0.15) is 32.3 Å². The second kappa shape index (κ2) is 7.94. The molecule has 1 heterocycles. The van der Waals surface area contributed by atoms with Crippen LogP contribution in [-0.2, 0) is 20.7 Å². The number of morpholine rings is 1. The lowest BCUT2D eigenvalue weighted by molar-refractivity contribution is -0.129. The van der Waals surface area contributed by atoms with Crippen LogP contribution in [0, 0.1) is 0 Å². The highest BCUT2D eigenvalue weighted by molar-refractivity contribution is 5.95. The van der Waals surface area contributed by atoms with Crippen LogP contribution in [0.5, 0.6) is 0 Å². The highest BCUT2D eigenvalue weighted by Gasteiger charge is 2.27. The summed E-state index contributed by atoms with van der Waals surface area (Å²) in [5, 5.41) is 2.86. The quantitative estimate of drug-likeness (QED) is 0.873. The molecule has 1 fully saturated rings. The van der Waals surface area contributed by atoms with E-state index in [1.54, 1.807) is 4.90 Å². The van der Waals surface area contributed by atoms with Crippen LogP contribution in [0.25, 0.3) is 0 Å². The van der Waals surface area contributed by atoms with Crippen molar-refractivity contribution in [1.29, 1.82) is 0 Å². The standard InChI is InChI=1S/C17H24N2O3/c1-3-5-16(20)18-10-15-11-19(17(21)12-22-15)14-8-6-13(4-2)7-9-14/h6-9,15H,3-5,10-12H2,1-2H3,(H,18,20). The summed E-state index contributed by atoms with van der Waals surface area (Å²) in [5.41, 5.74) is 2.13. The fourth-order valence-corrected chi connectivity index (χ4v) is 2.45. The monoisotopic (exact) mass is 304 g/mol. The van der Waals surface area contributed by atoms with Crippen LogP contribution >= 0.6 is 0 Å². The number of ether oxygens (including phenoxy) is 1. The summed E-state index contributed by atoms with van der Waals surface area (Å²) in [6.45, 7) is 5.04. The Bertz CT molecular complexity index is 513. The third-order valence-electron chi connectivity index (χ3n) is 3.79. The predicted octanol–water partition coefficient (Wildman–Crippen LogP) is 1.90. The van der Waals surface area contributed by atoms with Crippen molar-refractivity contribution in [2.24, 2.45) is 0 Å². The van der Waals surface area contributed by atoms with Gasteiger partial charge in [0.25, 0.3) is 5.91 Å². The van der Waals surface area contributed by atoms with E-state index >= 15 is 0 Å². The van der Waals surface area contributed by atoms with Gasteiger partial charge in [0.2, 0.25) is 5.91 Å². The van der Waals surface area contributed by atoms with Gasteiger partial charge in [0.15, 0.2) is 0 Å². The SMILES string of the molecule is CCCC(=O)NCC1CN(c2ccc(CC)cc2)C(=O)CO1. The van der Waals surface area contributed by atoms with E-state index < -0.39 is 0 Å². The van der Waals surface area contributed by atoms with Gasteiger partial charge in [-0.2, -0.15) is 0 Å². The van der Waals surface area contributed by atoms with Crippen molar-refractivity contribution in [3.63, 3.8) is 0 Å². The van der Waals surface area contributed by atoms with Gasteiger partial charge in [-0.1, -0.05) is 26.0 Å². The summed E-state index contributed by atoms with van der Waals surface area (Å²) < 4.78 is 5.51. The largest absolute Gasteiger partial charge is 0.365 e. The van der Waals surface area contributed by atoms with Crippen molar-refractivity contribution in [1.82, 2.24) is 5.32 Å². The van der Waals surface area contributed by atoms with E-state index in [0.717, 1.165) is 18.5 Å². The molecule has 120 valence electrons. The van der Waals surface area contributed by atoms with Gasteiger partial charge in [0.1, 0.15) is 6.61 Å². The molecule has 0 aromatic heterocycles. The van der Waals surface area contributed by atoms with E-state index in [1.807, 2.05) is 31.2 Å². The molecule has 5 heteroatoms. The number of amides is 2. The molecule has 1 N–H and O–H groups in total. The Kier molecular flexibility index (Phi) is 5.95. The fourth-order valence-electron chi connectivity index (χ4n) is 2.45. The summed E-state index contributed by atoms with van der Waals surface area (Å²) in [5.74, 6) is -0.0118. The van der Waals surface area contributed by atoms with Crippen molar-refractivity contribution >= 4 is 17.5 Å². The summed E-state index contributed by atoms with van der Waals surface area (Å²) in [4.78, 5) is 25.3. The minimum Gasteiger partial charge on any atom is -0.365 e. The van der Waals surface area contributed by atoms with E-state index in [4.69, 9.17) is 4.74 Å². The van der Waals surface area contributed by atoms with Crippen molar-refractivity contribution in [3.8, 4) is 0 Å². The van der Waals surface area contributed by atoms with Gasteiger partial charge in [0, 0.05) is 18.7 Å². The van der Waals surface area contributed by atoms with Crippen molar-refractivity contribution in [2.45, 2.75) is 39.2 Å². The molecular weight excluding hydrogens is 280 g/mol. The Balaban J connectivity index is 1.95. The van der Waals surface area contributed by atoms with E-state index in [1.165, 1.54) is 5.56 Å². The fraction of sp³-hybridized carbons (Fsp3) is 0.529. The normalized spacial score (nSPS) is 18.4. The number of rotatable bonds is 6. The highest BCUT2D eigenvalue weighted by Crippen LogP contribution is 2.19. The zero-order valence-electron chi connectivity index (χ0n) is 13.3. The van der Waals surface area contributed by atoms with Crippen LogP contribution in [0.4, 0.5) is 5.69 Å². The molecule has 1 saturated heterocycles. The van der Waals surface area contributed by atoms with Crippen LogP contribution in [0.2, 0.25) is 0 Å². The molecule has 1 aromatic rings. The molecule has 0 bridgehead atoms. The molecule has 0 aliphatic carbocycles. The third-order valence-corrected chi connectivity index (χ3v) is 3.79. The molecule has 0 spiro atoms. The number of carbonyl (C=O) groups excluding carboxylic acids is 2. The molecule has 0 saturated carbocycles.